The van der Waals surface area contributed by atoms with E-state index in [0.717, 1.165) is 12.1 Å². The van der Waals surface area contributed by atoms with E-state index in [1.807, 2.05) is 0 Å². The minimum absolute atomic E-state index is 0.0480. The van der Waals surface area contributed by atoms with E-state index >= 15 is 0 Å². The second-order valence-electron chi connectivity index (χ2n) is 11.3. The van der Waals surface area contributed by atoms with Crippen molar-refractivity contribution in [1.29, 1.82) is 0 Å². The highest BCUT2D eigenvalue weighted by Crippen LogP contribution is 2.29. The number of methoxy groups -OCH3 is 1. The Bertz CT molecular complexity index is 1200. The first-order valence-corrected chi connectivity index (χ1v) is 14.5. The molecule has 0 unspecified atom stereocenters. The molecule has 11 nitrogen and oxygen atoms in total. The molecule has 244 valence electrons. The quantitative estimate of drug-likeness (QED) is 0.266. The third-order valence-electron chi connectivity index (χ3n) is 7.01. The van der Waals surface area contributed by atoms with Crippen LogP contribution in [0.4, 0.5) is 18.0 Å². The molecule has 1 aromatic carbocycles. The zero-order chi connectivity index (χ0) is 33.0. The molecule has 0 spiro atoms. The number of carbonyl (C=O) groups is 5. The number of urea groups is 1. The van der Waals surface area contributed by atoms with Gasteiger partial charge in [0.25, 0.3) is 0 Å². The Morgan fingerprint density at radius 3 is 2.30 bits per heavy atom. The number of carbonyl (C=O) groups excluding carboxylic acids is 5. The van der Waals surface area contributed by atoms with E-state index in [1.165, 1.54) is 31.4 Å². The maximum absolute atomic E-state index is 13.4. The van der Waals surface area contributed by atoms with Crippen LogP contribution in [-0.4, -0.2) is 67.5 Å². The van der Waals surface area contributed by atoms with Crippen LogP contribution in [0.2, 0.25) is 0 Å². The van der Waals surface area contributed by atoms with Crippen LogP contribution >= 0.6 is 0 Å². The lowest BCUT2D eigenvalue weighted by Gasteiger charge is -2.28. The minimum atomic E-state index is -4.55. The molecule has 1 aliphatic rings. The number of hydrogen-bond acceptors (Lipinski definition) is 6. The highest BCUT2D eigenvalue weighted by molar-refractivity contribution is 5.93. The first kappa shape index (κ1) is 36.1. The van der Waals surface area contributed by atoms with E-state index in [1.54, 1.807) is 27.7 Å². The van der Waals surface area contributed by atoms with Crippen molar-refractivity contribution in [1.82, 2.24) is 26.6 Å². The van der Waals surface area contributed by atoms with Gasteiger partial charge >= 0.3 is 18.2 Å². The summed E-state index contributed by atoms with van der Waals surface area (Å²) in [6.07, 6.45) is -0.825. The number of amides is 5. The molecule has 5 amide bonds. The molecule has 0 saturated heterocycles. The average molecular weight is 626 g/mol. The molecular formula is C30H42F3N5O6. The fraction of sp³-hybridized carbons (Fsp3) is 0.567. The van der Waals surface area contributed by atoms with Crippen molar-refractivity contribution in [3.63, 3.8) is 0 Å². The Kier molecular flexibility index (Phi) is 13.7. The van der Waals surface area contributed by atoms with Crippen LogP contribution < -0.4 is 26.6 Å². The maximum atomic E-state index is 13.4. The molecule has 14 heteroatoms. The topological polar surface area (TPSA) is 155 Å². The largest absolute Gasteiger partial charge is 0.467 e. The number of hydrogen-bond donors (Lipinski definition) is 5. The highest BCUT2D eigenvalue weighted by atomic mass is 19.4. The highest BCUT2D eigenvalue weighted by Gasteiger charge is 2.33. The smallest absolute Gasteiger partial charge is 0.416 e. The summed E-state index contributed by atoms with van der Waals surface area (Å²) in [5, 5.41) is 13.2. The lowest BCUT2D eigenvalue weighted by molar-refractivity contribution is -0.144. The zero-order valence-electron chi connectivity index (χ0n) is 25.5. The van der Waals surface area contributed by atoms with Crippen LogP contribution in [0.1, 0.15) is 58.1 Å². The monoisotopic (exact) mass is 625 g/mol. The fourth-order valence-corrected chi connectivity index (χ4v) is 4.54. The van der Waals surface area contributed by atoms with Crippen LogP contribution in [0, 0.1) is 11.8 Å². The summed E-state index contributed by atoms with van der Waals surface area (Å²) in [5.74, 6) is -2.98. The minimum Gasteiger partial charge on any atom is -0.467 e. The molecule has 4 atom stereocenters. The molecule has 1 heterocycles. The molecule has 0 aromatic heterocycles. The lowest BCUT2D eigenvalue weighted by atomic mass is 10.00. The Hall–Kier alpha value is -4.10. The molecule has 44 heavy (non-hydrogen) atoms. The van der Waals surface area contributed by atoms with E-state index in [4.69, 9.17) is 4.74 Å². The number of rotatable bonds is 9. The van der Waals surface area contributed by atoms with E-state index in [2.05, 4.69) is 26.6 Å². The fourth-order valence-electron chi connectivity index (χ4n) is 4.54. The molecule has 0 radical (unpaired) electrons. The van der Waals surface area contributed by atoms with E-state index in [0.29, 0.717) is 19.4 Å². The van der Waals surface area contributed by atoms with Crippen molar-refractivity contribution in [2.24, 2.45) is 11.8 Å². The first-order chi connectivity index (χ1) is 20.6. The van der Waals surface area contributed by atoms with Gasteiger partial charge in [0.15, 0.2) is 0 Å². The van der Waals surface area contributed by atoms with Gasteiger partial charge in [-0.15, -0.1) is 0 Å². The number of nitrogens with one attached hydrogen (secondary N) is 5. The van der Waals surface area contributed by atoms with Crippen molar-refractivity contribution in [2.45, 2.75) is 83.7 Å². The SMILES string of the molecule is COC(=O)[C@@H](NC(=O)N[C@H](C(=O)N[C@H]1CCCCNC(=O)/C=C/[C@H](Cc2cccc(C(F)(F)F)c2)NC1=O)C(C)C)C(C)C. The van der Waals surface area contributed by atoms with Crippen molar-refractivity contribution >= 4 is 29.7 Å². The van der Waals surface area contributed by atoms with Gasteiger partial charge in [-0.1, -0.05) is 52.0 Å². The molecule has 5 N–H and O–H groups in total. The zero-order valence-corrected chi connectivity index (χ0v) is 25.5. The summed E-state index contributed by atoms with van der Waals surface area (Å²) in [6.45, 7) is 7.15. The van der Waals surface area contributed by atoms with Crippen LogP contribution in [0.3, 0.4) is 0 Å². The van der Waals surface area contributed by atoms with Crippen molar-refractivity contribution in [3.8, 4) is 0 Å². The number of halogens is 3. The maximum Gasteiger partial charge on any atom is 0.416 e. The van der Waals surface area contributed by atoms with Gasteiger partial charge in [0.2, 0.25) is 17.7 Å². The Balaban J connectivity index is 2.23. The summed E-state index contributed by atoms with van der Waals surface area (Å²) in [5.41, 5.74) is -0.562. The number of benzene rings is 1. The van der Waals surface area contributed by atoms with Crippen molar-refractivity contribution < 1.29 is 41.9 Å². The number of ether oxygens (including phenoxy) is 1. The predicted molar refractivity (Wildman–Crippen MR) is 156 cm³/mol. The summed E-state index contributed by atoms with van der Waals surface area (Å²) in [4.78, 5) is 63.8. The second kappa shape index (κ2) is 16.7. The average Bonchev–Trinajstić information content (AvgIpc) is 2.94. The Morgan fingerprint density at radius 2 is 1.68 bits per heavy atom. The van der Waals surface area contributed by atoms with E-state index in [9.17, 15) is 37.1 Å². The lowest BCUT2D eigenvalue weighted by Crippen LogP contribution is -2.59. The predicted octanol–water partition coefficient (Wildman–Crippen LogP) is 2.60. The van der Waals surface area contributed by atoms with Crippen molar-refractivity contribution in [2.75, 3.05) is 13.7 Å². The van der Waals surface area contributed by atoms with Crippen LogP contribution in [0.15, 0.2) is 36.4 Å². The number of alkyl halides is 3. The molecule has 0 fully saturated rings. The van der Waals surface area contributed by atoms with Crippen LogP contribution in [0.25, 0.3) is 0 Å². The summed E-state index contributed by atoms with van der Waals surface area (Å²) in [6, 6.07) is -0.0410. The Labute approximate surface area is 255 Å². The van der Waals surface area contributed by atoms with Crippen LogP contribution in [-0.2, 0) is 36.5 Å². The summed E-state index contributed by atoms with van der Waals surface area (Å²) >= 11 is 0. The van der Waals surface area contributed by atoms with Gasteiger partial charge in [-0.25, -0.2) is 9.59 Å². The third-order valence-corrected chi connectivity index (χ3v) is 7.01. The number of esters is 1. The third kappa shape index (κ3) is 11.5. The van der Waals surface area contributed by atoms with Gasteiger partial charge in [-0.2, -0.15) is 13.2 Å². The molecule has 0 saturated carbocycles. The van der Waals surface area contributed by atoms with Gasteiger partial charge in [-0.05, 0) is 49.1 Å². The van der Waals surface area contributed by atoms with E-state index in [-0.39, 0.29) is 24.3 Å². The second-order valence-corrected chi connectivity index (χ2v) is 11.3. The summed E-state index contributed by atoms with van der Waals surface area (Å²) < 4.78 is 44.5. The molecule has 0 aliphatic carbocycles. The van der Waals surface area contributed by atoms with Crippen LogP contribution in [0.5, 0.6) is 0 Å². The first-order valence-electron chi connectivity index (χ1n) is 14.5. The van der Waals surface area contributed by atoms with Gasteiger partial charge in [0.1, 0.15) is 18.1 Å². The van der Waals surface area contributed by atoms with Crippen molar-refractivity contribution in [3.05, 3.63) is 47.5 Å². The molecule has 0 bridgehead atoms. The van der Waals surface area contributed by atoms with Gasteiger partial charge in [0.05, 0.1) is 18.7 Å². The Morgan fingerprint density at radius 1 is 1.02 bits per heavy atom. The molecule has 1 aliphatic heterocycles. The normalized spacial score (nSPS) is 20.2. The standard InChI is InChI=1S/C30H42F3N5O6/c1-17(2)24(37-29(43)38-25(18(3)4)28(42)44-5)27(41)36-22-11-6-7-14-34-23(39)13-12-21(35-26(22)40)16-19-9-8-10-20(15-19)30(31,32)33/h8-10,12-13,15,17-18,21-22,24-25H,6-7,11,14,16H2,1-5H3,(H,34,39)(H,35,40)(H,36,41)(H2,37,38,43)/b13-12+/t21-,22+,24+,25+/m1/s1. The molecule has 2 rings (SSSR count). The molecule has 1 aromatic rings. The van der Waals surface area contributed by atoms with Gasteiger partial charge in [-0.3, -0.25) is 14.4 Å². The van der Waals surface area contributed by atoms with E-state index < -0.39 is 71.5 Å². The van der Waals surface area contributed by atoms with Gasteiger partial charge in [0, 0.05) is 12.6 Å². The van der Waals surface area contributed by atoms with Gasteiger partial charge < -0.3 is 31.3 Å². The molecular weight excluding hydrogens is 583 g/mol. The summed E-state index contributed by atoms with van der Waals surface area (Å²) in [7, 11) is 1.20.